The molecule has 0 spiro atoms. The molecule has 86 valence electrons. The number of nitrogens with two attached hydrogens (primary N) is 1. The van der Waals surface area contributed by atoms with E-state index in [0.717, 1.165) is 25.0 Å². The molecule has 0 bridgehead atoms. The van der Waals surface area contributed by atoms with Crippen molar-refractivity contribution in [2.24, 2.45) is 11.7 Å². The van der Waals surface area contributed by atoms with Gasteiger partial charge in [-0.1, -0.05) is 6.07 Å². The van der Waals surface area contributed by atoms with Crippen molar-refractivity contribution >= 4 is 5.78 Å². The van der Waals surface area contributed by atoms with Gasteiger partial charge in [-0.3, -0.25) is 4.79 Å². The Morgan fingerprint density at radius 2 is 1.94 bits per heavy atom. The molecule has 16 heavy (non-hydrogen) atoms. The first-order chi connectivity index (χ1) is 7.59. The molecule has 0 radical (unpaired) electrons. The molecule has 1 saturated carbocycles. The van der Waals surface area contributed by atoms with E-state index in [9.17, 15) is 13.6 Å². The van der Waals surface area contributed by atoms with E-state index in [2.05, 4.69) is 0 Å². The fraction of sp³-hybridized carbons (Fsp3) is 0.417. The average molecular weight is 225 g/mol. The zero-order valence-electron chi connectivity index (χ0n) is 8.75. The van der Waals surface area contributed by atoms with Crippen LogP contribution in [0.4, 0.5) is 8.78 Å². The SMILES string of the molecule is NC(CC(=O)c1c(F)cccc1F)C1CC1. The monoisotopic (exact) mass is 225 g/mol. The summed E-state index contributed by atoms with van der Waals surface area (Å²) < 4.78 is 26.5. The quantitative estimate of drug-likeness (QED) is 0.799. The van der Waals surface area contributed by atoms with E-state index in [0.29, 0.717) is 5.92 Å². The van der Waals surface area contributed by atoms with Gasteiger partial charge in [0.15, 0.2) is 5.78 Å². The van der Waals surface area contributed by atoms with Crippen LogP contribution in [-0.4, -0.2) is 11.8 Å². The van der Waals surface area contributed by atoms with Crippen molar-refractivity contribution in [1.82, 2.24) is 0 Å². The Morgan fingerprint density at radius 3 is 2.44 bits per heavy atom. The van der Waals surface area contributed by atoms with Gasteiger partial charge < -0.3 is 5.73 Å². The first-order valence-electron chi connectivity index (χ1n) is 5.32. The summed E-state index contributed by atoms with van der Waals surface area (Å²) in [5, 5.41) is 0. The minimum absolute atomic E-state index is 0.0164. The third-order valence-electron chi connectivity index (χ3n) is 2.89. The van der Waals surface area contributed by atoms with E-state index < -0.39 is 23.0 Å². The molecule has 2 N–H and O–H groups in total. The van der Waals surface area contributed by atoms with Crippen LogP contribution in [0, 0.1) is 17.6 Å². The average Bonchev–Trinajstić information content (AvgIpc) is 2.99. The second-order valence-corrected chi connectivity index (χ2v) is 4.23. The molecule has 2 nitrogen and oxygen atoms in total. The molecule has 1 atom stereocenters. The van der Waals surface area contributed by atoms with E-state index in [1.165, 1.54) is 6.07 Å². The van der Waals surface area contributed by atoms with E-state index in [4.69, 9.17) is 5.73 Å². The van der Waals surface area contributed by atoms with Crippen molar-refractivity contribution in [3.63, 3.8) is 0 Å². The molecule has 1 fully saturated rings. The Balaban J connectivity index is 2.13. The Morgan fingerprint density at radius 1 is 1.38 bits per heavy atom. The number of ketones is 1. The van der Waals surface area contributed by atoms with Crippen LogP contribution in [-0.2, 0) is 0 Å². The van der Waals surface area contributed by atoms with Gasteiger partial charge in [0.2, 0.25) is 0 Å². The van der Waals surface area contributed by atoms with Crippen molar-refractivity contribution in [1.29, 1.82) is 0 Å². The highest BCUT2D eigenvalue weighted by Gasteiger charge is 2.31. The molecular formula is C12H13F2NO. The zero-order chi connectivity index (χ0) is 11.7. The number of Topliss-reactive ketones (excluding diaryl/α,β-unsaturated/α-hetero) is 1. The van der Waals surface area contributed by atoms with Gasteiger partial charge in [-0.15, -0.1) is 0 Å². The van der Waals surface area contributed by atoms with E-state index in [1.54, 1.807) is 0 Å². The maximum Gasteiger partial charge on any atom is 0.170 e. The number of hydrogen-bond donors (Lipinski definition) is 1. The van der Waals surface area contributed by atoms with E-state index in [1.807, 2.05) is 0 Å². The molecule has 1 aromatic carbocycles. The predicted molar refractivity (Wildman–Crippen MR) is 56.0 cm³/mol. The lowest BCUT2D eigenvalue weighted by atomic mass is 10.0. The molecule has 0 heterocycles. The standard InChI is InChI=1S/C12H13F2NO/c13-8-2-1-3-9(14)12(8)11(16)6-10(15)7-4-5-7/h1-3,7,10H,4-6,15H2. The van der Waals surface area contributed by atoms with Crippen LogP contribution >= 0.6 is 0 Å². The van der Waals surface area contributed by atoms with Gasteiger partial charge in [-0.2, -0.15) is 0 Å². The number of carbonyl (C=O) groups excluding carboxylic acids is 1. The summed E-state index contributed by atoms with van der Waals surface area (Å²) in [4.78, 5) is 11.7. The van der Waals surface area contributed by atoms with Crippen molar-refractivity contribution in [3.8, 4) is 0 Å². The maximum atomic E-state index is 13.3. The highest BCUT2D eigenvalue weighted by Crippen LogP contribution is 2.33. The first-order valence-corrected chi connectivity index (χ1v) is 5.32. The van der Waals surface area contributed by atoms with Crippen LogP contribution in [0.3, 0.4) is 0 Å². The topological polar surface area (TPSA) is 43.1 Å². The molecule has 1 unspecified atom stereocenters. The van der Waals surface area contributed by atoms with Crippen LogP contribution in [0.15, 0.2) is 18.2 Å². The lowest BCUT2D eigenvalue weighted by molar-refractivity contribution is 0.0963. The minimum atomic E-state index is -0.812. The fourth-order valence-electron chi connectivity index (χ4n) is 1.77. The minimum Gasteiger partial charge on any atom is -0.327 e. The molecule has 2 rings (SSSR count). The predicted octanol–water partition coefficient (Wildman–Crippen LogP) is 2.27. The molecule has 4 heteroatoms. The number of carbonyl (C=O) groups is 1. The fourth-order valence-corrected chi connectivity index (χ4v) is 1.77. The van der Waals surface area contributed by atoms with Gasteiger partial charge in [0.25, 0.3) is 0 Å². The van der Waals surface area contributed by atoms with E-state index >= 15 is 0 Å². The van der Waals surface area contributed by atoms with Crippen LogP contribution in [0.1, 0.15) is 29.6 Å². The smallest absolute Gasteiger partial charge is 0.170 e. The van der Waals surface area contributed by atoms with Crippen LogP contribution in [0.2, 0.25) is 0 Å². The van der Waals surface area contributed by atoms with Crippen LogP contribution < -0.4 is 5.73 Å². The summed E-state index contributed by atoms with van der Waals surface area (Å²) in [5.41, 5.74) is 5.29. The molecule has 0 aliphatic heterocycles. The lowest BCUT2D eigenvalue weighted by Gasteiger charge is -2.09. The van der Waals surface area contributed by atoms with Gasteiger partial charge in [0.1, 0.15) is 11.6 Å². The molecule has 0 amide bonds. The summed E-state index contributed by atoms with van der Waals surface area (Å²) >= 11 is 0. The number of benzene rings is 1. The van der Waals surface area contributed by atoms with Crippen LogP contribution in [0.5, 0.6) is 0 Å². The van der Waals surface area contributed by atoms with Gasteiger partial charge >= 0.3 is 0 Å². The first kappa shape index (κ1) is 11.2. The Kier molecular flexibility index (Phi) is 3.01. The molecule has 1 aliphatic rings. The van der Waals surface area contributed by atoms with Gasteiger partial charge in [-0.05, 0) is 30.9 Å². The summed E-state index contributed by atoms with van der Waals surface area (Å²) in [6.07, 6.45) is 2.03. The Hall–Kier alpha value is -1.29. The van der Waals surface area contributed by atoms with E-state index in [-0.39, 0.29) is 12.5 Å². The third kappa shape index (κ3) is 2.27. The molecule has 1 aliphatic carbocycles. The normalized spacial score (nSPS) is 17.2. The Labute approximate surface area is 92.4 Å². The van der Waals surface area contributed by atoms with Gasteiger partial charge in [-0.25, -0.2) is 8.78 Å². The maximum absolute atomic E-state index is 13.3. The largest absolute Gasteiger partial charge is 0.327 e. The van der Waals surface area contributed by atoms with Crippen LogP contribution in [0.25, 0.3) is 0 Å². The molecule has 0 saturated heterocycles. The molecular weight excluding hydrogens is 212 g/mol. The summed E-state index contributed by atoms with van der Waals surface area (Å²) in [6, 6.07) is 3.13. The second kappa shape index (κ2) is 4.29. The van der Waals surface area contributed by atoms with Crippen molar-refractivity contribution in [3.05, 3.63) is 35.4 Å². The highest BCUT2D eigenvalue weighted by molar-refractivity contribution is 5.97. The van der Waals surface area contributed by atoms with Crippen molar-refractivity contribution < 1.29 is 13.6 Å². The summed E-state index contributed by atoms with van der Waals surface area (Å²) in [7, 11) is 0. The second-order valence-electron chi connectivity index (χ2n) is 4.23. The number of hydrogen-bond acceptors (Lipinski definition) is 2. The van der Waals surface area contributed by atoms with Gasteiger partial charge in [0, 0.05) is 12.5 Å². The van der Waals surface area contributed by atoms with Crippen molar-refractivity contribution in [2.45, 2.75) is 25.3 Å². The third-order valence-corrected chi connectivity index (χ3v) is 2.89. The number of rotatable bonds is 4. The summed E-state index contributed by atoms with van der Waals surface area (Å²) in [6.45, 7) is 0. The zero-order valence-corrected chi connectivity index (χ0v) is 8.75. The van der Waals surface area contributed by atoms with Crippen molar-refractivity contribution in [2.75, 3.05) is 0 Å². The molecule has 1 aromatic rings. The number of halogens is 2. The molecule has 0 aromatic heterocycles. The lowest BCUT2D eigenvalue weighted by Crippen LogP contribution is -2.26. The Bertz CT molecular complexity index is 395. The van der Waals surface area contributed by atoms with Gasteiger partial charge in [0.05, 0.1) is 5.56 Å². The highest BCUT2D eigenvalue weighted by atomic mass is 19.1. The summed E-state index contributed by atoms with van der Waals surface area (Å²) in [5.74, 6) is -1.82.